The maximum Gasteiger partial charge on any atom is 0.343 e. The maximum atomic E-state index is 16.7. The Balaban J connectivity index is 1.76. The lowest BCUT2D eigenvalue weighted by Crippen LogP contribution is -2.50. The second-order valence-electron chi connectivity index (χ2n) is 11.8. The van der Waals surface area contributed by atoms with E-state index in [9.17, 15) is 15.2 Å². The third kappa shape index (κ3) is 3.82. The van der Waals surface area contributed by atoms with Gasteiger partial charge in [0.05, 0.1) is 6.42 Å². The summed E-state index contributed by atoms with van der Waals surface area (Å²) in [6.45, 7) is 16.5. The van der Waals surface area contributed by atoms with Crippen molar-refractivity contribution in [3.8, 4) is 6.07 Å². The van der Waals surface area contributed by atoms with Crippen LogP contribution in [0.3, 0.4) is 0 Å². The van der Waals surface area contributed by atoms with E-state index in [2.05, 4.69) is 39.6 Å². The molecule has 2 saturated heterocycles. The number of carboxylic acids is 1. The largest absolute Gasteiger partial charge is 0.478 e. The molecule has 42 heavy (non-hydrogen) atoms. The molecule has 1 unspecified atom stereocenters. The number of halogens is 3. The Morgan fingerprint density at radius 2 is 1.86 bits per heavy atom. The highest BCUT2D eigenvalue weighted by molar-refractivity contribution is 6.98. The van der Waals surface area contributed by atoms with Gasteiger partial charge in [-0.3, -0.25) is 4.85 Å². The maximum absolute atomic E-state index is 16.7. The number of aromatic carboxylic acids is 1. The molecule has 1 aliphatic carbocycles. The fourth-order valence-corrected chi connectivity index (χ4v) is 9.37. The molecule has 0 aromatic heterocycles. The molecule has 1 atom stereocenters. The molecule has 3 aliphatic heterocycles. The third-order valence-electron chi connectivity index (χ3n) is 9.05. The van der Waals surface area contributed by atoms with Crippen molar-refractivity contribution in [3.05, 3.63) is 98.3 Å². The summed E-state index contributed by atoms with van der Waals surface area (Å²) in [7, 11) is -2.50. The predicted molar refractivity (Wildman–Crippen MR) is 156 cm³/mol. The van der Waals surface area contributed by atoms with Crippen LogP contribution in [0.2, 0.25) is 13.1 Å². The minimum atomic E-state index is -2.50. The van der Waals surface area contributed by atoms with Gasteiger partial charge in [0.1, 0.15) is 38.1 Å². The van der Waals surface area contributed by atoms with Crippen LogP contribution in [0.1, 0.15) is 46.8 Å². The number of rotatable bonds is 4. The van der Waals surface area contributed by atoms with E-state index >= 15 is 13.2 Å². The van der Waals surface area contributed by atoms with Gasteiger partial charge in [-0.1, -0.05) is 19.2 Å². The molecule has 3 heterocycles. The SMILES string of the molecule is [C-]#[N+]C(C)(C#N)c1c(F)c(F)c(C(=O)O)c(C2=C3C=CC(=[N+]4CCC4)C=C3[Si](C)(C)c3cc(N4CCC4)ccc32)c1F. The van der Waals surface area contributed by atoms with Gasteiger partial charge in [-0.05, 0) is 51.7 Å². The minimum absolute atomic E-state index is 0.123. The molecular formula is C32H28F3N4O2Si+. The van der Waals surface area contributed by atoms with Crippen LogP contribution in [-0.2, 0) is 5.54 Å². The second kappa shape index (κ2) is 9.57. The van der Waals surface area contributed by atoms with Gasteiger partial charge < -0.3 is 10.0 Å². The fraction of sp³-hybridized carbons (Fsp3) is 0.312. The first-order valence-corrected chi connectivity index (χ1v) is 16.9. The van der Waals surface area contributed by atoms with Crippen LogP contribution in [0.4, 0.5) is 18.9 Å². The molecule has 6 nitrogen and oxygen atoms in total. The summed E-state index contributed by atoms with van der Waals surface area (Å²) in [4.78, 5) is 17.8. The molecule has 2 fully saturated rings. The van der Waals surface area contributed by atoms with Crippen LogP contribution >= 0.6 is 0 Å². The normalized spacial score (nSPS) is 19.9. The van der Waals surface area contributed by atoms with Gasteiger partial charge in [-0.2, -0.15) is 5.26 Å². The topological polar surface area (TPSA) is 71.7 Å². The van der Waals surface area contributed by atoms with Gasteiger partial charge in [0.25, 0.3) is 0 Å². The van der Waals surface area contributed by atoms with E-state index in [1.54, 1.807) is 6.07 Å². The number of nitrogens with zero attached hydrogens (tertiary/aromatic N) is 4. The number of hydrogen-bond acceptors (Lipinski definition) is 3. The highest BCUT2D eigenvalue weighted by atomic mass is 28.3. The van der Waals surface area contributed by atoms with Crippen LogP contribution in [0.25, 0.3) is 10.4 Å². The summed E-state index contributed by atoms with van der Waals surface area (Å²) >= 11 is 0. The molecule has 10 heteroatoms. The Morgan fingerprint density at radius 1 is 1.14 bits per heavy atom. The van der Waals surface area contributed by atoms with E-state index in [4.69, 9.17) is 6.57 Å². The average Bonchev–Trinajstić information content (AvgIpc) is 2.90. The Hall–Kier alpha value is -4.41. The van der Waals surface area contributed by atoms with E-state index in [1.807, 2.05) is 24.3 Å². The van der Waals surface area contributed by atoms with Gasteiger partial charge in [0, 0.05) is 43.4 Å². The van der Waals surface area contributed by atoms with Crippen molar-refractivity contribution in [2.45, 2.75) is 38.4 Å². The summed E-state index contributed by atoms with van der Waals surface area (Å²) in [5.41, 5.74) is -2.12. The lowest BCUT2D eigenvalue weighted by Gasteiger charge is -2.40. The second-order valence-corrected chi connectivity index (χ2v) is 16.1. The number of carboxylic acid groups (broad SMARTS) is 1. The Bertz CT molecular complexity index is 1800. The number of fused-ring (bicyclic) bond motifs is 2. The third-order valence-corrected chi connectivity index (χ3v) is 12.6. The smallest absolute Gasteiger partial charge is 0.343 e. The first-order valence-electron chi connectivity index (χ1n) is 13.9. The first-order chi connectivity index (χ1) is 19.9. The molecule has 0 radical (unpaired) electrons. The average molecular weight is 586 g/mol. The van der Waals surface area contributed by atoms with Crippen molar-refractivity contribution in [2.75, 3.05) is 31.1 Å². The number of carbonyl (C=O) groups is 1. The Labute approximate surface area is 242 Å². The van der Waals surface area contributed by atoms with Crippen molar-refractivity contribution in [1.82, 2.24) is 0 Å². The molecule has 2 aromatic rings. The molecule has 0 saturated carbocycles. The standard InChI is InChI=1S/C32H27F3N4O2Si/c1-32(17-36,37-2)27-28(33)25(26(31(40)41)29(34)30(27)35)24-20-9-7-18(38-11-5-12-38)15-22(20)42(3,4)23-16-19(8-10-21(23)24)39-13-6-14-39/h7-10,15-16H,5-6,11-14H2,1,3-4H3/p+1. The van der Waals surface area contributed by atoms with Crippen molar-refractivity contribution >= 4 is 36.2 Å². The summed E-state index contributed by atoms with van der Waals surface area (Å²) in [5.74, 6) is -6.91. The number of benzene rings is 2. The van der Waals surface area contributed by atoms with Gasteiger partial charge in [0.15, 0.2) is 23.4 Å². The van der Waals surface area contributed by atoms with Crippen molar-refractivity contribution in [1.29, 1.82) is 5.26 Å². The molecule has 212 valence electrons. The monoisotopic (exact) mass is 585 g/mol. The van der Waals surface area contributed by atoms with E-state index < -0.39 is 53.7 Å². The molecule has 2 aromatic carbocycles. The fourth-order valence-electron chi connectivity index (χ4n) is 6.30. The number of hydrogen-bond donors (Lipinski definition) is 1. The minimum Gasteiger partial charge on any atom is -0.478 e. The summed E-state index contributed by atoms with van der Waals surface area (Å²) < 4.78 is 50.1. The van der Waals surface area contributed by atoms with Gasteiger partial charge in [-0.15, -0.1) is 0 Å². The lowest BCUT2D eigenvalue weighted by molar-refractivity contribution is -0.582. The molecule has 1 N–H and O–H groups in total. The van der Waals surface area contributed by atoms with Crippen LogP contribution in [0.15, 0.2) is 47.2 Å². The Kier molecular flexibility index (Phi) is 6.32. The Morgan fingerprint density at radius 3 is 2.40 bits per heavy atom. The van der Waals surface area contributed by atoms with Crippen molar-refractivity contribution in [2.24, 2.45) is 0 Å². The summed E-state index contributed by atoms with van der Waals surface area (Å²) in [6, 6.07) is 7.35. The predicted octanol–water partition coefficient (Wildman–Crippen LogP) is 5.29. The molecule has 0 bridgehead atoms. The van der Waals surface area contributed by atoms with Crippen LogP contribution in [-0.4, -0.2) is 55.6 Å². The highest BCUT2D eigenvalue weighted by Crippen LogP contribution is 2.46. The van der Waals surface area contributed by atoms with Gasteiger partial charge >= 0.3 is 11.5 Å². The lowest BCUT2D eigenvalue weighted by atomic mass is 9.82. The zero-order chi connectivity index (χ0) is 30.1. The number of anilines is 1. The molecular weight excluding hydrogens is 557 g/mol. The first kappa shape index (κ1) is 27.7. The van der Waals surface area contributed by atoms with Crippen LogP contribution < -0.4 is 10.1 Å². The summed E-state index contributed by atoms with van der Waals surface area (Å²) in [6.07, 6.45) is 7.91. The van der Waals surface area contributed by atoms with Crippen LogP contribution in [0, 0.1) is 35.4 Å². The zero-order valence-corrected chi connectivity index (χ0v) is 24.5. The van der Waals surface area contributed by atoms with Crippen molar-refractivity contribution in [3.63, 3.8) is 0 Å². The van der Waals surface area contributed by atoms with E-state index in [-0.39, 0.29) is 5.57 Å². The summed E-state index contributed by atoms with van der Waals surface area (Å²) in [5, 5.41) is 21.7. The molecule has 6 rings (SSSR count). The van der Waals surface area contributed by atoms with Crippen molar-refractivity contribution < 1.29 is 27.6 Å². The van der Waals surface area contributed by atoms with Gasteiger partial charge in [0.2, 0.25) is 0 Å². The van der Waals surface area contributed by atoms with E-state index in [0.29, 0.717) is 11.1 Å². The van der Waals surface area contributed by atoms with E-state index in [1.165, 1.54) is 0 Å². The van der Waals surface area contributed by atoms with Crippen LogP contribution in [0.5, 0.6) is 0 Å². The molecule has 4 aliphatic rings. The van der Waals surface area contributed by atoms with E-state index in [0.717, 1.165) is 67.7 Å². The molecule has 0 amide bonds. The quantitative estimate of drug-likeness (QED) is 0.229. The number of allylic oxidation sites excluding steroid dienone is 5. The number of nitriles is 1. The molecule has 0 spiro atoms. The zero-order valence-electron chi connectivity index (χ0n) is 23.5. The highest BCUT2D eigenvalue weighted by Gasteiger charge is 2.47. The van der Waals surface area contributed by atoms with Gasteiger partial charge in [-0.25, -0.2) is 29.1 Å².